The molecule has 3 aromatic rings. The molecule has 3 heterocycles. The molecule has 0 radical (unpaired) electrons. The monoisotopic (exact) mass is 359 g/mol. The molecular formula is C21H21N5O. The summed E-state index contributed by atoms with van der Waals surface area (Å²) in [6, 6.07) is 7.14. The first-order chi connectivity index (χ1) is 13.0. The molecule has 1 aliphatic rings. The van der Waals surface area contributed by atoms with Crippen LogP contribution >= 0.6 is 0 Å². The summed E-state index contributed by atoms with van der Waals surface area (Å²) in [4.78, 5) is 30.1. The minimum Gasteiger partial charge on any atom is -0.345 e. The summed E-state index contributed by atoms with van der Waals surface area (Å²) in [5, 5.41) is 3.15. The van der Waals surface area contributed by atoms with E-state index >= 15 is 0 Å². The average Bonchev–Trinajstić information content (AvgIpc) is 2.68. The lowest BCUT2D eigenvalue weighted by Crippen LogP contribution is -2.37. The summed E-state index contributed by atoms with van der Waals surface area (Å²) in [6.45, 7) is 4.40. The summed E-state index contributed by atoms with van der Waals surface area (Å²) in [7, 11) is 0. The predicted octanol–water partition coefficient (Wildman–Crippen LogP) is 3.38. The van der Waals surface area contributed by atoms with Gasteiger partial charge < -0.3 is 5.32 Å². The van der Waals surface area contributed by atoms with E-state index in [1.54, 1.807) is 36.9 Å². The molecule has 0 saturated carbocycles. The number of nitrogens with zero attached hydrogens (tertiary/aromatic N) is 4. The van der Waals surface area contributed by atoms with Crippen LogP contribution in [0.3, 0.4) is 0 Å². The molecule has 1 N–H and O–H groups in total. The number of carbonyl (C=O) groups excluding carboxylic acids is 1. The Labute approximate surface area is 158 Å². The van der Waals surface area contributed by atoms with Gasteiger partial charge in [-0.2, -0.15) is 0 Å². The molecule has 27 heavy (non-hydrogen) atoms. The van der Waals surface area contributed by atoms with Crippen molar-refractivity contribution in [1.29, 1.82) is 0 Å². The highest BCUT2D eigenvalue weighted by atomic mass is 16.1. The molecule has 0 bridgehead atoms. The minimum absolute atomic E-state index is 0.0315. The van der Waals surface area contributed by atoms with E-state index in [0.717, 1.165) is 29.7 Å². The Morgan fingerprint density at radius 1 is 1.11 bits per heavy atom. The fourth-order valence-corrected chi connectivity index (χ4v) is 3.55. The SMILES string of the molecule is CC1(C)Cc2nc(-c3cccnc3)ncc2C(NC(=O)c2ccncc2)C1. The number of aromatic nitrogens is 4. The van der Waals surface area contributed by atoms with Crippen molar-refractivity contribution in [2.45, 2.75) is 32.7 Å². The predicted molar refractivity (Wildman–Crippen MR) is 102 cm³/mol. The van der Waals surface area contributed by atoms with Crippen molar-refractivity contribution >= 4 is 5.91 Å². The van der Waals surface area contributed by atoms with Crippen LogP contribution in [0, 0.1) is 5.41 Å². The van der Waals surface area contributed by atoms with E-state index in [-0.39, 0.29) is 17.4 Å². The third kappa shape index (κ3) is 3.69. The van der Waals surface area contributed by atoms with Crippen molar-refractivity contribution in [2.24, 2.45) is 5.41 Å². The first-order valence-corrected chi connectivity index (χ1v) is 8.99. The normalized spacial score (nSPS) is 17.8. The van der Waals surface area contributed by atoms with Crippen molar-refractivity contribution < 1.29 is 4.79 Å². The average molecular weight is 359 g/mol. The maximum Gasteiger partial charge on any atom is 0.251 e. The zero-order valence-electron chi connectivity index (χ0n) is 15.4. The molecule has 6 nitrogen and oxygen atoms in total. The van der Waals surface area contributed by atoms with E-state index in [1.807, 2.05) is 18.3 Å². The Morgan fingerprint density at radius 3 is 2.67 bits per heavy atom. The van der Waals surface area contributed by atoms with Crippen LogP contribution in [0.15, 0.2) is 55.2 Å². The largest absolute Gasteiger partial charge is 0.345 e. The van der Waals surface area contributed by atoms with Gasteiger partial charge in [0.25, 0.3) is 5.91 Å². The van der Waals surface area contributed by atoms with Crippen LogP contribution in [0.25, 0.3) is 11.4 Å². The molecule has 1 amide bonds. The number of fused-ring (bicyclic) bond motifs is 1. The van der Waals surface area contributed by atoms with Gasteiger partial charge in [-0.05, 0) is 42.5 Å². The van der Waals surface area contributed by atoms with Crippen LogP contribution in [0.4, 0.5) is 0 Å². The molecule has 1 unspecified atom stereocenters. The lowest BCUT2D eigenvalue weighted by Gasteiger charge is -2.36. The van der Waals surface area contributed by atoms with Gasteiger partial charge in [0.05, 0.1) is 11.7 Å². The van der Waals surface area contributed by atoms with Gasteiger partial charge >= 0.3 is 0 Å². The molecule has 0 fully saturated rings. The Bertz CT molecular complexity index is 957. The first-order valence-electron chi connectivity index (χ1n) is 8.99. The van der Waals surface area contributed by atoms with Crippen molar-refractivity contribution in [2.75, 3.05) is 0 Å². The van der Waals surface area contributed by atoms with Crippen molar-refractivity contribution in [3.05, 3.63) is 72.1 Å². The van der Waals surface area contributed by atoms with Crippen LogP contribution in [0.2, 0.25) is 0 Å². The first kappa shape index (κ1) is 17.3. The molecule has 0 saturated heterocycles. The van der Waals surface area contributed by atoms with Crippen LogP contribution in [0.5, 0.6) is 0 Å². The molecule has 1 aliphatic carbocycles. The number of carbonyl (C=O) groups is 1. The molecule has 3 aromatic heterocycles. The van der Waals surface area contributed by atoms with Gasteiger partial charge in [-0.15, -0.1) is 0 Å². The molecule has 4 rings (SSSR count). The molecular weight excluding hydrogens is 338 g/mol. The van der Waals surface area contributed by atoms with Crippen LogP contribution in [-0.4, -0.2) is 25.8 Å². The summed E-state index contributed by atoms with van der Waals surface area (Å²) in [5.74, 6) is 0.557. The fourth-order valence-electron chi connectivity index (χ4n) is 3.55. The highest BCUT2D eigenvalue weighted by molar-refractivity contribution is 5.94. The Hall–Kier alpha value is -3.15. The Kier molecular flexibility index (Phi) is 4.39. The van der Waals surface area contributed by atoms with Gasteiger partial charge in [0.2, 0.25) is 0 Å². The number of pyridine rings is 2. The maximum absolute atomic E-state index is 12.6. The zero-order chi connectivity index (χ0) is 18.9. The molecule has 1 atom stereocenters. The highest BCUT2D eigenvalue weighted by Gasteiger charge is 2.34. The van der Waals surface area contributed by atoms with Gasteiger partial charge in [0, 0.05) is 47.7 Å². The molecule has 0 aliphatic heterocycles. The van der Waals surface area contributed by atoms with Crippen LogP contribution in [-0.2, 0) is 6.42 Å². The lowest BCUT2D eigenvalue weighted by atomic mass is 9.74. The second-order valence-electron chi connectivity index (χ2n) is 7.64. The minimum atomic E-state index is -0.118. The second-order valence-corrected chi connectivity index (χ2v) is 7.64. The Morgan fingerprint density at radius 2 is 1.93 bits per heavy atom. The quantitative estimate of drug-likeness (QED) is 0.775. The number of rotatable bonds is 3. The molecule has 136 valence electrons. The highest BCUT2D eigenvalue weighted by Crippen LogP contribution is 2.40. The molecule has 0 aromatic carbocycles. The standard InChI is InChI=1S/C21H21N5O/c1-21(2)10-17-16(13-24-19(25-17)15-4-3-7-23-12-15)18(11-21)26-20(27)14-5-8-22-9-6-14/h3-9,12-13,18H,10-11H2,1-2H3,(H,26,27). The van der Waals surface area contributed by atoms with E-state index < -0.39 is 0 Å². The summed E-state index contributed by atoms with van der Waals surface area (Å²) in [5.41, 5.74) is 3.50. The molecule has 6 heteroatoms. The van der Waals surface area contributed by atoms with Crippen LogP contribution in [0.1, 0.15) is 47.9 Å². The second kappa shape index (κ2) is 6.87. The summed E-state index contributed by atoms with van der Waals surface area (Å²) in [6.07, 6.45) is 10.3. The van der Waals surface area contributed by atoms with Gasteiger partial charge in [-0.3, -0.25) is 14.8 Å². The van der Waals surface area contributed by atoms with Crippen LogP contribution < -0.4 is 5.32 Å². The number of amides is 1. The third-order valence-electron chi connectivity index (χ3n) is 4.85. The van der Waals surface area contributed by atoms with Gasteiger partial charge in [-0.1, -0.05) is 13.8 Å². The van der Waals surface area contributed by atoms with E-state index in [1.165, 1.54) is 0 Å². The summed E-state index contributed by atoms with van der Waals surface area (Å²) < 4.78 is 0. The van der Waals surface area contributed by atoms with Gasteiger partial charge in [0.1, 0.15) is 0 Å². The van der Waals surface area contributed by atoms with E-state index in [4.69, 9.17) is 4.98 Å². The van der Waals surface area contributed by atoms with Crippen molar-refractivity contribution in [3.63, 3.8) is 0 Å². The Balaban J connectivity index is 1.66. The van der Waals surface area contributed by atoms with Crippen molar-refractivity contribution in [1.82, 2.24) is 25.3 Å². The van der Waals surface area contributed by atoms with Crippen molar-refractivity contribution in [3.8, 4) is 11.4 Å². The number of nitrogens with one attached hydrogen (secondary N) is 1. The number of hydrogen-bond donors (Lipinski definition) is 1. The van der Waals surface area contributed by atoms with E-state index in [0.29, 0.717) is 11.4 Å². The molecule has 0 spiro atoms. The topological polar surface area (TPSA) is 80.7 Å². The van der Waals surface area contributed by atoms with E-state index in [2.05, 4.69) is 34.1 Å². The lowest BCUT2D eigenvalue weighted by molar-refractivity contribution is 0.0919. The number of hydrogen-bond acceptors (Lipinski definition) is 5. The maximum atomic E-state index is 12.6. The van der Waals surface area contributed by atoms with Gasteiger partial charge in [-0.25, -0.2) is 9.97 Å². The zero-order valence-corrected chi connectivity index (χ0v) is 15.4. The van der Waals surface area contributed by atoms with E-state index in [9.17, 15) is 4.79 Å². The third-order valence-corrected chi connectivity index (χ3v) is 4.85. The fraction of sp³-hybridized carbons (Fsp3) is 0.286. The van der Waals surface area contributed by atoms with Gasteiger partial charge in [0.15, 0.2) is 5.82 Å². The summed E-state index contributed by atoms with van der Waals surface area (Å²) >= 11 is 0. The smallest absolute Gasteiger partial charge is 0.251 e.